The van der Waals surface area contributed by atoms with Crippen LogP contribution in [0.2, 0.25) is 0 Å². The van der Waals surface area contributed by atoms with Gasteiger partial charge in [0.2, 0.25) is 0 Å². The van der Waals surface area contributed by atoms with Crippen molar-refractivity contribution in [3.05, 3.63) is 0 Å². The Morgan fingerprint density at radius 3 is 0.509 bits per heavy atom. The van der Waals surface area contributed by atoms with Crippen LogP contribution < -0.4 is 0 Å². The van der Waals surface area contributed by atoms with Gasteiger partial charge in [-0.05, 0) is 64.8 Å². The summed E-state index contributed by atoms with van der Waals surface area (Å²) in [7, 11) is 0. The molecule has 3 heteroatoms. The second-order valence-corrected chi connectivity index (χ2v) is 18.2. The van der Waals surface area contributed by atoms with Gasteiger partial charge < -0.3 is 14.7 Å². The molecule has 3 nitrogen and oxygen atoms in total. The molecule has 0 atom stereocenters. The smallest absolute Gasteiger partial charge is 0.0110 e. The van der Waals surface area contributed by atoms with E-state index in [1.165, 1.54) is 303 Å². The van der Waals surface area contributed by atoms with E-state index >= 15 is 0 Å². The summed E-state index contributed by atoms with van der Waals surface area (Å²) in [5.41, 5.74) is 0. The number of hydrogen-bond donors (Lipinski definition) is 0. The average Bonchev–Trinajstić information content (AvgIpc) is 3.23. The minimum atomic E-state index is 1.26. The Hall–Kier alpha value is -0.120. The molecular weight excluding hydrogens is 691 g/mol. The molecule has 0 unspecified atom stereocenters. The lowest BCUT2D eigenvalue weighted by atomic mass is 10.0. The Kier molecular flexibility index (Phi) is 55.8. The van der Waals surface area contributed by atoms with E-state index in [0.717, 1.165) is 0 Å². The van der Waals surface area contributed by atoms with Gasteiger partial charge in [0.15, 0.2) is 0 Å². The molecule has 0 saturated heterocycles. The van der Waals surface area contributed by atoms with Crippen molar-refractivity contribution in [1.82, 2.24) is 14.7 Å². The van der Waals surface area contributed by atoms with Gasteiger partial charge in [0, 0.05) is 26.2 Å². The predicted molar refractivity (Wildman–Crippen MR) is 264 cm³/mol. The van der Waals surface area contributed by atoms with Gasteiger partial charge in [-0.3, -0.25) is 0 Å². The first-order chi connectivity index (χ1) is 28.2. The van der Waals surface area contributed by atoms with E-state index < -0.39 is 0 Å². The normalized spacial score (nSPS) is 11.7. The van der Waals surface area contributed by atoms with E-state index in [4.69, 9.17) is 0 Å². The van der Waals surface area contributed by atoms with Crippen LogP contribution in [0.15, 0.2) is 0 Å². The Bertz CT molecular complexity index is 633. The summed E-state index contributed by atoms with van der Waals surface area (Å²) < 4.78 is 0. The molecule has 0 bridgehead atoms. The summed E-state index contributed by atoms with van der Waals surface area (Å²) in [6.07, 6.45) is 54.7. The van der Waals surface area contributed by atoms with Crippen molar-refractivity contribution in [1.29, 1.82) is 0 Å². The molecule has 0 amide bonds. The van der Waals surface area contributed by atoms with E-state index in [9.17, 15) is 0 Å². The van der Waals surface area contributed by atoms with Crippen LogP contribution in [0, 0.1) is 0 Å². The Balaban J connectivity index is 0. The van der Waals surface area contributed by atoms with Crippen molar-refractivity contribution < 1.29 is 0 Å². The Morgan fingerprint density at radius 1 is 0.158 bits per heavy atom. The van der Waals surface area contributed by atoms with Crippen molar-refractivity contribution in [3.63, 3.8) is 0 Å². The van der Waals surface area contributed by atoms with E-state index in [0.29, 0.717) is 0 Å². The van der Waals surface area contributed by atoms with Crippen LogP contribution in [0.25, 0.3) is 0 Å². The minimum Gasteiger partial charge on any atom is -0.302 e. The zero-order chi connectivity index (χ0) is 42.0. The molecule has 0 aromatic rings. The van der Waals surface area contributed by atoms with Crippen molar-refractivity contribution in [3.8, 4) is 0 Å². The molecule has 346 valence electrons. The van der Waals surface area contributed by atoms with Gasteiger partial charge >= 0.3 is 0 Å². The fraction of sp³-hybridized carbons (Fsp3) is 1.00. The third kappa shape index (κ3) is 48.4. The van der Waals surface area contributed by atoms with Crippen molar-refractivity contribution in [2.24, 2.45) is 0 Å². The molecule has 0 aliphatic rings. The lowest BCUT2D eigenvalue weighted by molar-refractivity contribution is 0.170. The largest absolute Gasteiger partial charge is 0.302 e. The third-order valence-electron chi connectivity index (χ3n) is 12.5. The van der Waals surface area contributed by atoms with Gasteiger partial charge in [-0.1, -0.05) is 260 Å². The van der Waals surface area contributed by atoms with Crippen LogP contribution in [0.3, 0.4) is 0 Å². The topological polar surface area (TPSA) is 9.72 Å². The maximum absolute atomic E-state index is 2.90. The molecule has 0 heterocycles. The van der Waals surface area contributed by atoms with E-state index in [1.807, 2.05) is 13.8 Å². The van der Waals surface area contributed by atoms with Crippen molar-refractivity contribution in [2.45, 2.75) is 292 Å². The fourth-order valence-corrected chi connectivity index (χ4v) is 8.73. The highest BCUT2D eigenvalue weighted by atomic mass is 15.2. The van der Waals surface area contributed by atoms with Gasteiger partial charge in [0.05, 0.1) is 0 Å². The molecular formula is C54H115N3. The second kappa shape index (κ2) is 53.9. The first-order valence-corrected chi connectivity index (χ1v) is 27.4. The van der Waals surface area contributed by atoms with Gasteiger partial charge in [-0.2, -0.15) is 0 Å². The lowest BCUT2D eigenvalue weighted by Gasteiger charge is -2.30. The molecule has 0 saturated carbocycles. The van der Waals surface area contributed by atoms with Crippen LogP contribution in [-0.2, 0) is 0 Å². The summed E-state index contributed by atoms with van der Waals surface area (Å²) in [5.74, 6) is 0. The molecule has 0 rings (SSSR count). The van der Waals surface area contributed by atoms with Crippen molar-refractivity contribution in [2.75, 3.05) is 58.9 Å². The number of hydrogen-bond acceptors (Lipinski definition) is 3. The number of nitrogens with zero attached hydrogens (tertiary/aromatic N) is 3. The zero-order valence-electron chi connectivity index (χ0n) is 41.6. The standard InChI is InChI=1S/C52H109N3.C2H6/c1-6-11-14-17-20-23-26-29-32-35-38-41-46-54(47-42-39-36-33-30-27-24-21-18-15-12-7-2)50-52-55(51-49-53(44-9-4)45-10-5)48-43-40-37-34-31-28-25-22-19-16-13-8-3;1-2/h6-52H2,1-5H3;1-2H3. The second-order valence-electron chi connectivity index (χ2n) is 18.2. The van der Waals surface area contributed by atoms with Crippen LogP contribution in [-0.4, -0.2) is 73.6 Å². The molecule has 0 spiro atoms. The molecule has 0 radical (unpaired) electrons. The number of rotatable bonds is 49. The molecule has 0 aromatic heterocycles. The van der Waals surface area contributed by atoms with E-state index in [2.05, 4.69) is 49.3 Å². The molecule has 57 heavy (non-hydrogen) atoms. The zero-order valence-corrected chi connectivity index (χ0v) is 41.6. The highest BCUT2D eigenvalue weighted by molar-refractivity contribution is 4.68. The number of unbranched alkanes of at least 4 members (excludes halogenated alkanes) is 33. The molecule has 0 aromatic carbocycles. The fourth-order valence-electron chi connectivity index (χ4n) is 8.73. The summed E-state index contributed by atoms with van der Waals surface area (Å²) in [6, 6.07) is 0. The molecule has 0 aliphatic heterocycles. The summed E-state index contributed by atoms with van der Waals surface area (Å²) in [6.45, 7) is 27.3. The SMILES string of the molecule is CC.CCCCCCCCCCCCCCN(CCCCCCCCCCCCCC)CCN(CCCCCCCCCCCCCC)CCN(CCC)CCC. The maximum atomic E-state index is 2.90. The van der Waals surface area contributed by atoms with Crippen LogP contribution in [0.4, 0.5) is 0 Å². The van der Waals surface area contributed by atoms with Crippen LogP contribution >= 0.6 is 0 Å². The first kappa shape index (κ1) is 59.0. The first-order valence-electron chi connectivity index (χ1n) is 27.4. The molecule has 0 aliphatic carbocycles. The Morgan fingerprint density at radius 2 is 0.316 bits per heavy atom. The minimum absolute atomic E-state index is 1.26. The van der Waals surface area contributed by atoms with Gasteiger partial charge in [-0.25, -0.2) is 0 Å². The summed E-state index contributed by atoms with van der Waals surface area (Å²) >= 11 is 0. The van der Waals surface area contributed by atoms with Crippen molar-refractivity contribution >= 4 is 0 Å². The Labute approximate surface area is 364 Å². The molecule has 0 fully saturated rings. The van der Waals surface area contributed by atoms with E-state index in [-0.39, 0.29) is 0 Å². The predicted octanol–water partition coefficient (Wildman–Crippen LogP) is 17.8. The average molecular weight is 807 g/mol. The van der Waals surface area contributed by atoms with Gasteiger partial charge in [-0.15, -0.1) is 0 Å². The third-order valence-corrected chi connectivity index (χ3v) is 12.5. The summed E-state index contributed by atoms with van der Waals surface area (Å²) in [4.78, 5) is 8.52. The van der Waals surface area contributed by atoms with Crippen LogP contribution in [0.5, 0.6) is 0 Å². The van der Waals surface area contributed by atoms with E-state index in [1.54, 1.807) is 0 Å². The highest BCUT2D eigenvalue weighted by Crippen LogP contribution is 2.16. The molecule has 0 N–H and O–H groups in total. The van der Waals surface area contributed by atoms with Crippen LogP contribution in [0.1, 0.15) is 292 Å². The quantitative estimate of drug-likeness (QED) is 0.0567. The summed E-state index contributed by atoms with van der Waals surface area (Å²) in [5, 5.41) is 0. The lowest BCUT2D eigenvalue weighted by Crippen LogP contribution is -2.41. The maximum Gasteiger partial charge on any atom is 0.0110 e. The highest BCUT2D eigenvalue weighted by Gasteiger charge is 2.12. The van der Waals surface area contributed by atoms with Gasteiger partial charge in [0.25, 0.3) is 0 Å². The van der Waals surface area contributed by atoms with Gasteiger partial charge in [0.1, 0.15) is 0 Å². The monoisotopic (exact) mass is 806 g/mol.